The third-order valence-electron chi connectivity index (χ3n) is 5.59. The summed E-state index contributed by atoms with van der Waals surface area (Å²) in [6, 6.07) is 10.7. The zero-order valence-corrected chi connectivity index (χ0v) is 23.4. The molecule has 1 N–H and O–H groups in total. The van der Waals surface area contributed by atoms with Crippen molar-refractivity contribution >= 4 is 24.9 Å². The molecule has 0 saturated carbocycles. The zero-order valence-electron chi connectivity index (χ0n) is 22.4. The van der Waals surface area contributed by atoms with Gasteiger partial charge < -0.3 is 28.7 Å². The first-order valence-corrected chi connectivity index (χ1v) is 14.8. The van der Waals surface area contributed by atoms with Crippen molar-refractivity contribution in [3.8, 4) is 29.5 Å². The second-order valence-electron chi connectivity index (χ2n) is 10.4. The number of benzene rings is 1. The van der Waals surface area contributed by atoms with Gasteiger partial charge in [-0.1, -0.05) is 51.2 Å². The number of carbonyl (C=O) groups is 1. The number of ether oxygens (including phenoxy) is 4. The Morgan fingerprint density at radius 3 is 2.19 bits per heavy atom. The van der Waals surface area contributed by atoms with E-state index in [0.29, 0.717) is 5.75 Å². The van der Waals surface area contributed by atoms with Crippen LogP contribution in [0.5, 0.6) is 29.5 Å². The maximum absolute atomic E-state index is 12.9. The number of hydrogen-bond acceptors (Lipinski definition) is 8. The Kier molecular flexibility index (Phi) is 7.98. The van der Waals surface area contributed by atoms with E-state index in [1.54, 1.807) is 6.07 Å². The van der Waals surface area contributed by atoms with E-state index < -0.39 is 14.0 Å². The summed E-state index contributed by atoms with van der Waals surface area (Å²) in [5, 5.41) is 3.98. The van der Waals surface area contributed by atoms with Gasteiger partial charge in [0.25, 0.3) is 11.9 Å². The molecule has 194 valence electrons. The van der Waals surface area contributed by atoms with Crippen molar-refractivity contribution in [2.24, 2.45) is 5.41 Å². The lowest BCUT2D eigenvalue weighted by Gasteiger charge is -2.31. The van der Waals surface area contributed by atoms with Gasteiger partial charge in [0.05, 0.1) is 29.4 Å². The first-order valence-electron chi connectivity index (χ1n) is 11.6. The van der Waals surface area contributed by atoms with Crippen LogP contribution >= 0.6 is 0 Å². The molecule has 1 aromatic carbocycles. The molecule has 36 heavy (non-hydrogen) atoms. The van der Waals surface area contributed by atoms with Gasteiger partial charge >= 0.3 is 6.01 Å². The van der Waals surface area contributed by atoms with Crippen LogP contribution in [0.15, 0.2) is 34.7 Å². The zero-order chi connectivity index (χ0) is 26.7. The maximum atomic E-state index is 12.9. The van der Waals surface area contributed by atoms with Crippen molar-refractivity contribution in [3.05, 3.63) is 41.7 Å². The highest BCUT2D eigenvalue weighted by Gasteiger charge is 2.30. The van der Waals surface area contributed by atoms with Crippen LogP contribution in [0.1, 0.15) is 36.9 Å². The largest absolute Gasteiger partial charge is 0.479 e. The smallest absolute Gasteiger partial charge is 0.322 e. The second kappa shape index (κ2) is 10.6. The van der Waals surface area contributed by atoms with Gasteiger partial charge in [-0.25, -0.2) is 0 Å². The number of amides is 1. The standard InChI is InChI=1S/C26H35N3O6Si/c1-16-10-11-17(36(8,9)15-26(2,3)4)14-19(16)35-20-13-12-18(34-20)22(30)27-21-23(31-5)28-25(33-7)29-24(21)32-6/h10-14H,15H2,1-9H3,(H,27,30). The minimum absolute atomic E-state index is 0.0427. The van der Waals surface area contributed by atoms with Gasteiger partial charge in [-0.2, -0.15) is 9.97 Å². The highest BCUT2D eigenvalue weighted by Crippen LogP contribution is 2.34. The van der Waals surface area contributed by atoms with E-state index in [1.165, 1.54) is 32.6 Å². The summed E-state index contributed by atoms with van der Waals surface area (Å²) in [6.45, 7) is 13.5. The minimum Gasteiger partial charge on any atom is -0.479 e. The van der Waals surface area contributed by atoms with Gasteiger partial charge in [-0.05, 0) is 36.1 Å². The Morgan fingerprint density at radius 2 is 1.64 bits per heavy atom. The van der Waals surface area contributed by atoms with Gasteiger partial charge in [0.2, 0.25) is 11.8 Å². The van der Waals surface area contributed by atoms with Crippen molar-refractivity contribution in [2.45, 2.75) is 46.8 Å². The molecule has 0 unspecified atom stereocenters. The molecule has 3 rings (SSSR count). The predicted octanol–water partition coefficient (Wildman–Crippen LogP) is 5.41. The Bertz CT molecular complexity index is 1210. The molecule has 0 aliphatic carbocycles. The molecule has 0 atom stereocenters. The first kappa shape index (κ1) is 27.1. The SMILES string of the molecule is COc1nc(OC)c(NC(=O)c2ccc(Oc3cc([Si](C)(C)CC(C)(C)C)ccc3C)o2)c(OC)n1. The molecule has 3 aromatic rings. The van der Waals surface area contributed by atoms with Crippen LogP contribution in [0, 0.1) is 12.3 Å². The van der Waals surface area contributed by atoms with Crippen molar-refractivity contribution < 1.29 is 28.2 Å². The quantitative estimate of drug-likeness (QED) is 0.379. The number of nitrogens with zero attached hydrogens (tertiary/aromatic N) is 2. The summed E-state index contributed by atoms with van der Waals surface area (Å²) >= 11 is 0. The van der Waals surface area contributed by atoms with E-state index >= 15 is 0 Å². The van der Waals surface area contributed by atoms with Crippen LogP contribution in [0.4, 0.5) is 5.69 Å². The van der Waals surface area contributed by atoms with Gasteiger partial charge in [0, 0.05) is 6.07 Å². The van der Waals surface area contributed by atoms with Crippen molar-refractivity contribution in [3.63, 3.8) is 0 Å². The molecular formula is C26H35N3O6Si. The number of anilines is 1. The highest BCUT2D eigenvalue weighted by molar-refractivity contribution is 6.89. The second-order valence-corrected chi connectivity index (χ2v) is 15.1. The molecule has 0 spiro atoms. The molecule has 0 saturated heterocycles. The predicted molar refractivity (Wildman–Crippen MR) is 141 cm³/mol. The van der Waals surface area contributed by atoms with Crippen LogP contribution in [0.2, 0.25) is 19.1 Å². The molecule has 0 bridgehead atoms. The van der Waals surface area contributed by atoms with E-state index in [9.17, 15) is 4.79 Å². The van der Waals surface area contributed by atoms with E-state index in [1.807, 2.05) is 6.92 Å². The number of hydrogen-bond donors (Lipinski definition) is 1. The van der Waals surface area contributed by atoms with Crippen molar-refractivity contribution in [1.29, 1.82) is 0 Å². The summed E-state index contributed by atoms with van der Waals surface area (Å²) in [5.74, 6) is 0.588. The molecule has 9 nitrogen and oxygen atoms in total. The summed E-state index contributed by atoms with van der Waals surface area (Å²) in [7, 11) is 2.56. The minimum atomic E-state index is -1.69. The van der Waals surface area contributed by atoms with E-state index in [-0.39, 0.29) is 40.6 Å². The highest BCUT2D eigenvalue weighted by atomic mass is 28.3. The lowest BCUT2D eigenvalue weighted by molar-refractivity contribution is 0.0990. The Hall–Kier alpha value is -3.53. The monoisotopic (exact) mass is 513 g/mol. The molecule has 0 fully saturated rings. The molecule has 2 aromatic heterocycles. The number of furan rings is 1. The number of nitrogens with one attached hydrogen (secondary N) is 1. The number of methoxy groups -OCH3 is 3. The number of carbonyl (C=O) groups excluding carboxylic acids is 1. The lowest BCUT2D eigenvalue weighted by atomic mass is 10.0. The van der Waals surface area contributed by atoms with Gasteiger partial charge in [-0.3, -0.25) is 4.79 Å². The van der Waals surface area contributed by atoms with E-state index in [0.717, 1.165) is 11.6 Å². The molecule has 2 heterocycles. The number of rotatable bonds is 9. The Morgan fingerprint density at radius 1 is 1.00 bits per heavy atom. The third-order valence-corrected chi connectivity index (χ3v) is 9.41. The van der Waals surface area contributed by atoms with Gasteiger partial charge in [0.1, 0.15) is 5.75 Å². The molecule has 1 amide bonds. The van der Waals surface area contributed by atoms with Crippen LogP contribution in [-0.4, -0.2) is 45.3 Å². The molecule has 0 aliphatic rings. The fraction of sp³-hybridized carbons (Fsp3) is 0.423. The Balaban J connectivity index is 1.81. The summed E-state index contributed by atoms with van der Waals surface area (Å²) < 4.78 is 27.3. The lowest BCUT2D eigenvalue weighted by Crippen LogP contribution is -2.44. The average Bonchev–Trinajstić information content (AvgIpc) is 3.27. The van der Waals surface area contributed by atoms with Crippen LogP contribution in [0.3, 0.4) is 0 Å². The van der Waals surface area contributed by atoms with Crippen LogP contribution in [-0.2, 0) is 0 Å². The first-order chi connectivity index (χ1) is 16.9. The summed E-state index contributed by atoms with van der Waals surface area (Å²) in [4.78, 5) is 21.1. The number of aryl methyl sites for hydroxylation is 1. The number of aromatic nitrogens is 2. The maximum Gasteiger partial charge on any atom is 0.322 e. The van der Waals surface area contributed by atoms with Crippen molar-refractivity contribution in [1.82, 2.24) is 9.97 Å². The molecule has 10 heteroatoms. The van der Waals surface area contributed by atoms with E-state index in [4.69, 9.17) is 23.4 Å². The van der Waals surface area contributed by atoms with Gasteiger partial charge in [0.15, 0.2) is 11.4 Å². The average molecular weight is 514 g/mol. The van der Waals surface area contributed by atoms with Crippen LogP contribution < -0.4 is 29.5 Å². The summed E-state index contributed by atoms with van der Waals surface area (Å²) in [6.07, 6.45) is 0. The molecular weight excluding hydrogens is 478 g/mol. The normalized spacial score (nSPS) is 11.7. The van der Waals surface area contributed by atoms with Gasteiger partial charge in [-0.15, -0.1) is 0 Å². The fourth-order valence-electron chi connectivity index (χ4n) is 4.24. The van der Waals surface area contributed by atoms with E-state index in [2.05, 4.69) is 67.3 Å². The van der Waals surface area contributed by atoms with Crippen molar-refractivity contribution in [2.75, 3.05) is 26.6 Å². The third kappa shape index (κ3) is 6.37. The summed E-state index contributed by atoms with van der Waals surface area (Å²) in [5.41, 5.74) is 1.37. The Labute approximate surface area is 213 Å². The fourth-order valence-corrected chi connectivity index (χ4v) is 8.15. The molecule has 0 radical (unpaired) electrons. The molecule has 0 aliphatic heterocycles. The van der Waals surface area contributed by atoms with Crippen LogP contribution in [0.25, 0.3) is 0 Å². The topological polar surface area (TPSA) is 105 Å².